The van der Waals surface area contributed by atoms with Gasteiger partial charge in [0.2, 0.25) is 0 Å². The van der Waals surface area contributed by atoms with Crippen LogP contribution in [0.3, 0.4) is 0 Å². The van der Waals surface area contributed by atoms with Crippen LogP contribution in [0.5, 0.6) is 5.75 Å². The molecule has 0 saturated heterocycles. The van der Waals surface area contributed by atoms with Crippen molar-refractivity contribution < 1.29 is 4.74 Å². The van der Waals surface area contributed by atoms with Gasteiger partial charge in [-0.05, 0) is 37.6 Å². The summed E-state index contributed by atoms with van der Waals surface area (Å²) in [5.41, 5.74) is 2.60. The van der Waals surface area contributed by atoms with Crippen molar-refractivity contribution in [1.82, 2.24) is 10.2 Å². The number of nitrogens with one attached hydrogen (secondary N) is 1. The van der Waals surface area contributed by atoms with Crippen LogP contribution in [0.25, 0.3) is 0 Å². The van der Waals surface area contributed by atoms with Crippen LogP contribution in [0.4, 0.5) is 0 Å². The molecule has 21 heavy (non-hydrogen) atoms. The number of ether oxygens (including phenoxy) is 1. The van der Waals surface area contributed by atoms with Gasteiger partial charge in [0.25, 0.3) is 0 Å². The fourth-order valence-corrected chi connectivity index (χ4v) is 3.12. The van der Waals surface area contributed by atoms with Gasteiger partial charge in [-0.25, -0.2) is 0 Å². The average Bonchev–Trinajstić information content (AvgIpc) is 3.04. The topological polar surface area (TPSA) is 24.5 Å². The fourth-order valence-electron chi connectivity index (χ4n) is 3.12. The molecule has 3 nitrogen and oxygen atoms in total. The highest BCUT2D eigenvalue weighted by Gasteiger charge is 2.15. The third kappa shape index (κ3) is 4.72. The predicted octanol–water partition coefficient (Wildman–Crippen LogP) is 3.57. The van der Waals surface area contributed by atoms with E-state index in [1.54, 1.807) is 7.11 Å². The number of rotatable bonds is 8. The van der Waals surface area contributed by atoms with Crippen molar-refractivity contribution in [2.45, 2.75) is 58.7 Å². The first-order valence-corrected chi connectivity index (χ1v) is 8.38. The third-order valence-electron chi connectivity index (χ3n) is 4.59. The minimum Gasteiger partial charge on any atom is -0.496 e. The molecule has 1 fully saturated rings. The molecule has 0 spiro atoms. The minimum absolute atomic E-state index is 0.699. The first-order chi connectivity index (χ1) is 10.3. The van der Waals surface area contributed by atoms with Crippen molar-refractivity contribution in [1.29, 1.82) is 0 Å². The van der Waals surface area contributed by atoms with Crippen molar-refractivity contribution in [3.05, 3.63) is 29.3 Å². The van der Waals surface area contributed by atoms with Crippen LogP contribution in [0, 0.1) is 0 Å². The maximum atomic E-state index is 5.59. The van der Waals surface area contributed by atoms with Crippen molar-refractivity contribution in [3.8, 4) is 5.75 Å². The molecule has 1 saturated carbocycles. The molecule has 1 aliphatic rings. The summed E-state index contributed by atoms with van der Waals surface area (Å²) in [7, 11) is 1.77. The molecule has 1 N–H and O–H groups in total. The van der Waals surface area contributed by atoms with Crippen LogP contribution >= 0.6 is 0 Å². The Bertz CT molecular complexity index is 423. The Morgan fingerprint density at radius 2 is 1.90 bits per heavy atom. The Balaban J connectivity index is 1.98. The zero-order valence-electron chi connectivity index (χ0n) is 13.8. The van der Waals surface area contributed by atoms with Crippen LogP contribution < -0.4 is 10.1 Å². The Labute approximate surface area is 129 Å². The first-order valence-electron chi connectivity index (χ1n) is 8.38. The molecule has 0 atom stereocenters. The summed E-state index contributed by atoms with van der Waals surface area (Å²) in [4.78, 5) is 2.42. The van der Waals surface area contributed by atoms with Gasteiger partial charge >= 0.3 is 0 Å². The molecule has 1 aliphatic carbocycles. The second kappa shape index (κ2) is 8.40. The highest BCUT2D eigenvalue weighted by Crippen LogP contribution is 2.23. The summed E-state index contributed by atoms with van der Waals surface area (Å²) in [6, 6.07) is 7.36. The lowest BCUT2D eigenvalue weighted by Crippen LogP contribution is -2.25. The molecule has 0 aliphatic heterocycles. The average molecular weight is 290 g/mol. The number of nitrogens with zero attached hydrogens (tertiary/aromatic N) is 1. The van der Waals surface area contributed by atoms with E-state index in [1.807, 2.05) is 0 Å². The number of hydrogen-bond donors (Lipinski definition) is 1. The Hall–Kier alpha value is -1.06. The van der Waals surface area contributed by atoms with E-state index < -0.39 is 0 Å². The normalized spacial score (nSPS) is 15.8. The van der Waals surface area contributed by atoms with Crippen LogP contribution in [-0.4, -0.2) is 31.1 Å². The standard InChI is InChI=1S/C18H30N2O/c1-4-20(5-2)14-15-10-11-16(18(12-15)21-3)13-19-17-8-6-7-9-17/h10-12,17,19H,4-9,13-14H2,1-3H3. The Morgan fingerprint density at radius 3 is 2.52 bits per heavy atom. The Morgan fingerprint density at radius 1 is 1.19 bits per heavy atom. The lowest BCUT2D eigenvalue weighted by molar-refractivity contribution is 0.295. The van der Waals surface area contributed by atoms with Gasteiger partial charge in [0.1, 0.15) is 5.75 Å². The highest BCUT2D eigenvalue weighted by atomic mass is 16.5. The zero-order valence-corrected chi connectivity index (χ0v) is 13.8. The number of methoxy groups -OCH3 is 1. The molecular weight excluding hydrogens is 260 g/mol. The van der Waals surface area contributed by atoms with Crippen LogP contribution in [0.15, 0.2) is 18.2 Å². The maximum Gasteiger partial charge on any atom is 0.123 e. The molecule has 118 valence electrons. The molecule has 0 heterocycles. The van der Waals surface area contributed by atoms with E-state index in [-0.39, 0.29) is 0 Å². The molecule has 3 heteroatoms. The summed E-state index contributed by atoms with van der Waals surface area (Å²) >= 11 is 0. The van der Waals surface area contributed by atoms with Gasteiger partial charge in [-0.3, -0.25) is 4.90 Å². The third-order valence-corrected chi connectivity index (χ3v) is 4.59. The van der Waals surface area contributed by atoms with Gasteiger partial charge in [-0.2, -0.15) is 0 Å². The molecule has 1 aromatic carbocycles. The second-order valence-electron chi connectivity index (χ2n) is 5.97. The molecule has 2 rings (SSSR count). The van der Waals surface area contributed by atoms with Crippen LogP contribution in [0.2, 0.25) is 0 Å². The van der Waals surface area contributed by atoms with E-state index in [9.17, 15) is 0 Å². The second-order valence-corrected chi connectivity index (χ2v) is 5.97. The van der Waals surface area contributed by atoms with E-state index in [2.05, 4.69) is 42.3 Å². The lowest BCUT2D eigenvalue weighted by Gasteiger charge is -2.19. The summed E-state index contributed by atoms with van der Waals surface area (Å²) in [6.45, 7) is 8.51. The Kier molecular flexibility index (Phi) is 6.52. The molecular formula is C18H30N2O. The molecule has 0 aromatic heterocycles. The molecule has 1 aromatic rings. The van der Waals surface area contributed by atoms with Gasteiger partial charge < -0.3 is 10.1 Å². The predicted molar refractivity (Wildman–Crippen MR) is 88.7 cm³/mol. The summed E-state index contributed by atoms with van der Waals surface area (Å²) in [6.07, 6.45) is 5.39. The van der Waals surface area contributed by atoms with Crippen molar-refractivity contribution in [2.24, 2.45) is 0 Å². The number of benzene rings is 1. The van der Waals surface area contributed by atoms with Crippen molar-refractivity contribution in [2.75, 3.05) is 20.2 Å². The van der Waals surface area contributed by atoms with E-state index in [1.165, 1.54) is 36.8 Å². The van der Waals surface area contributed by atoms with E-state index >= 15 is 0 Å². The largest absolute Gasteiger partial charge is 0.496 e. The number of hydrogen-bond acceptors (Lipinski definition) is 3. The fraction of sp³-hybridized carbons (Fsp3) is 0.667. The highest BCUT2D eigenvalue weighted by molar-refractivity contribution is 5.37. The van der Waals surface area contributed by atoms with Gasteiger partial charge in [-0.15, -0.1) is 0 Å². The van der Waals surface area contributed by atoms with E-state index in [0.29, 0.717) is 6.04 Å². The summed E-state index contributed by atoms with van der Waals surface area (Å²) in [5, 5.41) is 3.66. The molecule has 0 radical (unpaired) electrons. The first kappa shape index (κ1) is 16.3. The smallest absolute Gasteiger partial charge is 0.123 e. The molecule has 0 unspecified atom stereocenters. The van der Waals surface area contributed by atoms with E-state index in [0.717, 1.165) is 31.9 Å². The van der Waals surface area contributed by atoms with Gasteiger partial charge in [0.15, 0.2) is 0 Å². The molecule has 0 amide bonds. The van der Waals surface area contributed by atoms with Crippen LogP contribution in [-0.2, 0) is 13.1 Å². The lowest BCUT2D eigenvalue weighted by atomic mass is 10.1. The monoisotopic (exact) mass is 290 g/mol. The minimum atomic E-state index is 0.699. The maximum absolute atomic E-state index is 5.59. The summed E-state index contributed by atoms with van der Waals surface area (Å²) < 4.78 is 5.59. The van der Waals surface area contributed by atoms with Gasteiger partial charge in [0, 0.05) is 24.7 Å². The zero-order chi connectivity index (χ0) is 15.1. The van der Waals surface area contributed by atoms with Crippen LogP contribution in [0.1, 0.15) is 50.7 Å². The van der Waals surface area contributed by atoms with Crippen molar-refractivity contribution in [3.63, 3.8) is 0 Å². The molecule has 0 bridgehead atoms. The van der Waals surface area contributed by atoms with Gasteiger partial charge in [-0.1, -0.05) is 38.8 Å². The summed E-state index contributed by atoms with van der Waals surface area (Å²) in [5.74, 6) is 1.02. The van der Waals surface area contributed by atoms with E-state index in [4.69, 9.17) is 4.74 Å². The van der Waals surface area contributed by atoms with Gasteiger partial charge in [0.05, 0.1) is 7.11 Å². The SMILES string of the molecule is CCN(CC)Cc1ccc(CNC2CCCC2)c(OC)c1. The van der Waals surface area contributed by atoms with Crippen molar-refractivity contribution >= 4 is 0 Å². The quantitative estimate of drug-likeness (QED) is 0.792.